The summed E-state index contributed by atoms with van der Waals surface area (Å²) in [6.07, 6.45) is 5.87. The average molecular weight is 515 g/mol. The van der Waals surface area contributed by atoms with Gasteiger partial charge in [-0.3, -0.25) is 4.40 Å². The van der Waals surface area contributed by atoms with Crippen LogP contribution in [0.2, 0.25) is 10.0 Å². The van der Waals surface area contributed by atoms with Gasteiger partial charge in [0.25, 0.3) is 0 Å². The van der Waals surface area contributed by atoms with Gasteiger partial charge in [-0.05, 0) is 32.8 Å². The number of benzene rings is 1. The van der Waals surface area contributed by atoms with Crippen molar-refractivity contribution >= 4 is 61.8 Å². The molecule has 2 atom stereocenters. The highest BCUT2D eigenvalue weighted by molar-refractivity contribution is 7.59. The number of nitrogens with zero attached hydrogens (tertiary/aromatic N) is 4. The third-order valence-corrected chi connectivity index (χ3v) is 7.64. The van der Waals surface area contributed by atoms with Crippen molar-refractivity contribution in [2.75, 3.05) is 24.6 Å². The fraction of sp³-hybridized carbons (Fsp3) is 0.455. The van der Waals surface area contributed by atoms with Crippen LogP contribution in [0, 0.1) is 12.3 Å². The van der Waals surface area contributed by atoms with E-state index in [-0.39, 0.29) is 44.6 Å². The number of halogens is 2. The zero-order valence-corrected chi connectivity index (χ0v) is 21.6. The Kier molecular flexibility index (Phi) is 7.64. The Morgan fingerprint density at radius 2 is 1.91 bits per heavy atom. The summed E-state index contributed by atoms with van der Waals surface area (Å²) in [6.45, 7) is 6.61. The quantitative estimate of drug-likeness (QED) is 0.543. The Morgan fingerprint density at radius 1 is 1.19 bits per heavy atom. The lowest BCUT2D eigenvalue weighted by molar-refractivity contribution is 0.0973. The predicted octanol–water partition coefficient (Wildman–Crippen LogP) is 4.57. The van der Waals surface area contributed by atoms with Crippen molar-refractivity contribution < 1.29 is 4.74 Å². The van der Waals surface area contributed by atoms with Gasteiger partial charge in [0.2, 0.25) is 5.95 Å². The molecule has 0 amide bonds. The molecule has 10 heteroatoms. The van der Waals surface area contributed by atoms with E-state index in [1.807, 2.05) is 29.7 Å². The van der Waals surface area contributed by atoms with Gasteiger partial charge >= 0.3 is 0 Å². The summed E-state index contributed by atoms with van der Waals surface area (Å²) in [6, 6.07) is 5.73. The molecule has 1 spiro atoms. The molecule has 0 radical (unpaired) electrons. The highest BCUT2D eigenvalue weighted by atomic mass is 35.5. The second-order valence-corrected chi connectivity index (χ2v) is 9.27. The molecule has 2 saturated heterocycles. The van der Waals surface area contributed by atoms with Crippen LogP contribution < -0.4 is 10.6 Å². The van der Waals surface area contributed by atoms with Crippen LogP contribution in [0.4, 0.5) is 5.95 Å². The van der Waals surface area contributed by atoms with E-state index >= 15 is 0 Å². The molecule has 0 unspecified atom stereocenters. The first-order valence-corrected chi connectivity index (χ1v) is 11.1. The summed E-state index contributed by atoms with van der Waals surface area (Å²) >= 11 is 12.8. The van der Waals surface area contributed by atoms with Crippen LogP contribution in [0.5, 0.6) is 0 Å². The largest absolute Gasteiger partial charge is 0.376 e. The van der Waals surface area contributed by atoms with Gasteiger partial charge in [0, 0.05) is 48.1 Å². The van der Waals surface area contributed by atoms with E-state index < -0.39 is 0 Å². The van der Waals surface area contributed by atoms with Crippen molar-refractivity contribution in [1.29, 1.82) is 0 Å². The van der Waals surface area contributed by atoms with Gasteiger partial charge in [-0.15, -0.1) is 0 Å². The Labute approximate surface area is 212 Å². The molecule has 2 aliphatic rings. The molecule has 0 bridgehead atoms. The standard InChI is InChI=1S/C22H25Cl2N5O.2H2S/c1-13-17(15-4-3-5-16(23)18(15)24)20-26-8-11-29(20)21(27-13)28-9-6-22(7-10-28)12-30-14(2)19(22)25;;/h3-5,8,11,14,19H,6-7,9-10,12,25H2,1-2H3;2*1H2/t14-,19+;;/m0../s1. The third kappa shape index (κ3) is 3.99. The van der Waals surface area contributed by atoms with Gasteiger partial charge in [-0.1, -0.05) is 35.3 Å². The fourth-order valence-electron chi connectivity index (χ4n) is 4.93. The van der Waals surface area contributed by atoms with Crippen molar-refractivity contribution in [3.05, 3.63) is 46.3 Å². The van der Waals surface area contributed by atoms with E-state index in [1.165, 1.54) is 0 Å². The van der Waals surface area contributed by atoms with Gasteiger partial charge in [-0.2, -0.15) is 27.0 Å². The Balaban J connectivity index is 0.00000144. The normalized spacial score (nSPS) is 22.1. The van der Waals surface area contributed by atoms with Gasteiger partial charge in [0.15, 0.2) is 0 Å². The maximum atomic E-state index is 6.52. The van der Waals surface area contributed by atoms with Gasteiger partial charge in [0.1, 0.15) is 5.65 Å². The van der Waals surface area contributed by atoms with E-state index in [1.54, 1.807) is 12.3 Å². The Morgan fingerprint density at radius 3 is 2.56 bits per heavy atom. The van der Waals surface area contributed by atoms with Crippen LogP contribution in [0.25, 0.3) is 16.8 Å². The maximum absolute atomic E-state index is 6.52. The molecule has 4 heterocycles. The first-order valence-electron chi connectivity index (χ1n) is 10.3. The molecular formula is C22H29Cl2N5OS2. The Hall–Kier alpha value is -1.16. The summed E-state index contributed by atoms with van der Waals surface area (Å²) in [7, 11) is 0. The molecule has 0 aliphatic carbocycles. The Bertz CT molecular complexity index is 1120. The molecule has 3 aromatic rings. The van der Waals surface area contributed by atoms with Crippen molar-refractivity contribution in [2.24, 2.45) is 11.1 Å². The van der Waals surface area contributed by atoms with Crippen LogP contribution in [-0.2, 0) is 4.74 Å². The molecule has 1 aromatic carbocycles. The number of rotatable bonds is 2. The van der Waals surface area contributed by atoms with Crippen molar-refractivity contribution in [3.8, 4) is 11.1 Å². The number of fused-ring (bicyclic) bond motifs is 1. The predicted molar refractivity (Wildman–Crippen MR) is 141 cm³/mol. The summed E-state index contributed by atoms with van der Waals surface area (Å²) in [4.78, 5) is 11.9. The maximum Gasteiger partial charge on any atom is 0.211 e. The average Bonchev–Trinajstić information content (AvgIpc) is 3.32. The first kappa shape index (κ1) is 25.5. The van der Waals surface area contributed by atoms with Crippen LogP contribution in [0.3, 0.4) is 0 Å². The monoisotopic (exact) mass is 513 g/mol. The molecule has 2 fully saturated rings. The zero-order chi connectivity index (χ0) is 21.0. The third-order valence-electron chi connectivity index (χ3n) is 6.82. The topological polar surface area (TPSA) is 68.7 Å². The van der Waals surface area contributed by atoms with E-state index in [0.29, 0.717) is 10.0 Å². The highest BCUT2D eigenvalue weighted by Gasteiger charge is 2.47. The number of aryl methyl sites for hydroxylation is 1. The SMILES string of the molecule is Cc1nc(N2CCC3(CC2)CO[C@@H](C)[C@H]3N)n2ccnc2c1-c1cccc(Cl)c1Cl.S.S. The molecule has 0 saturated carbocycles. The van der Waals surface area contributed by atoms with E-state index in [0.717, 1.165) is 61.0 Å². The molecule has 174 valence electrons. The number of anilines is 1. The van der Waals surface area contributed by atoms with E-state index in [9.17, 15) is 0 Å². The second-order valence-electron chi connectivity index (χ2n) is 8.49. The number of hydrogen-bond donors (Lipinski definition) is 1. The first-order chi connectivity index (χ1) is 14.4. The summed E-state index contributed by atoms with van der Waals surface area (Å²) in [5.41, 5.74) is 10.0. The van der Waals surface area contributed by atoms with Crippen LogP contribution in [0.1, 0.15) is 25.5 Å². The number of aromatic nitrogens is 3. The minimum absolute atomic E-state index is 0. The van der Waals surface area contributed by atoms with Crippen LogP contribution >= 0.6 is 50.2 Å². The zero-order valence-electron chi connectivity index (χ0n) is 18.1. The number of piperidine rings is 1. The molecule has 2 aromatic heterocycles. The van der Waals surface area contributed by atoms with Crippen molar-refractivity contribution in [2.45, 2.75) is 38.8 Å². The number of nitrogens with two attached hydrogens (primary N) is 1. The highest BCUT2D eigenvalue weighted by Crippen LogP contribution is 2.42. The van der Waals surface area contributed by atoms with E-state index in [2.05, 4.69) is 16.8 Å². The summed E-state index contributed by atoms with van der Waals surface area (Å²) in [5, 5.41) is 1.04. The van der Waals surface area contributed by atoms with E-state index in [4.69, 9.17) is 38.7 Å². The molecule has 6 nitrogen and oxygen atoms in total. The van der Waals surface area contributed by atoms with Crippen molar-refractivity contribution in [3.63, 3.8) is 0 Å². The second kappa shape index (κ2) is 9.60. The lowest BCUT2D eigenvalue weighted by Gasteiger charge is -2.41. The fourth-order valence-corrected chi connectivity index (χ4v) is 5.33. The molecule has 32 heavy (non-hydrogen) atoms. The number of ether oxygens (including phenoxy) is 1. The van der Waals surface area contributed by atoms with Gasteiger partial charge < -0.3 is 15.4 Å². The summed E-state index contributed by atoms with van der Waals surface area (Å²) in [5.74, 6) is 0.900. The van der Waals surface area contributed by atoms with Crippen LogP contribution in [0.15, 0.2) is 30.6 Å². The minimum atomic E-state index is 0. The van der Waals surface area contributed by atoms with Crippen molar-refractivity contribution in [1.82, 2.24) is 14.4 Å². The van der Waals surface area contributed by atoms with Gasteiger partial charge in [0.05, 0.1) is 28.5 Å². The lowest BCUT2D eigenvalue weighted by Crippen LogP contribution is -2.51. The summed E-state index contributed by atoms with van der Waals surface area (Å²) < 4.78 is 7.91. The smallest absolute Gasteiger partial charge is 0.211 e. The number of hydrogen-bond acceptors (Lipinski definition) is 5. The molecule has 5 rings (SSSR count). The number of imidazole rings is 1. The minimum Gasteiger partial charge on any atom is -0.376 e. The lowest BCUT2D eigenvalue weighted by atomic mass is 9.73. The van der Waals surface area contributed by atoms with Crippen LogP contribution in [-0.4, -0.2) is 46.2 Å². The molecular weight excluding hydrogens is 485 g/mol. The van der Waals surface area contributed by atoms with Gasteiger partial charge in [-0.25, -0.2) is 9.97 Å². The molecule has 2 N–H and O–H groups in total. The molecule has 2 aliphatic heterocycles.